The zero-order chi connectivity index (χ0) is 9.97. The highest BCUT2D eigenvalue weighted by atomic mass is 79.9. The summed E-state index contributed by atoms with van der Waals surface area (Å²) in [6.45, 7) is 0. The van der Waals surface area contributed by atoms with Crippen molar-refractivity contribution in [2.75, 3.05) is 0 Å². The first-order chi connectivity index (χ1) is 6.79. The van der Waals surface area contributed by atoms with Crippen molar-refractivity contribution in [2.24, 2.45) is 0 Å². The number of hydrogen-bond acceptors (Lipinski definition) is 0. The van der Waals surface area contributed by atoms with Crippen molar-refractivity contribution in [1.29, 1.82) is 0 Å². The molecule has 1 radical (unpaired) electrons. The average Bonchev–Trinajstić information content (AvgIpc) is 2.23. The van der Waals surface area contributed by atoms with Crippen LogP contribution in [0.15, 0.2) is 51.4 Å². The second-order valence-electron chi connectivity index (χ2n) is 2.89. The van der Waals surface area contributed by atoms with Gasteiger partial charge in [-0.25, -0.2) is 0 Å². The zero-order valence-corrected chi connectivity index (χ0v) is 10.5. The van der Waals surface area contributed by atoms with E-state index in [2.05, 4.69) is 50.1 Å². The fourth-order valence-electron chi connectivity index (χ4n) is 1.29. The van der Waals surface area contributed by atoms with E-state index >= 15 is 0 Å². The molecule has 0 spiro atoms. The SMILES string of the molecule is Brc1[c]ccc(-c2ccccc2)c1Br. The van der Waals surface area contributed by atoms with Gasteiger partial charge in [-0.2, -0.15) is 0 Å². The minimum absolute atomic E-state index is 0.957. The minimum atomic E-state index is 0.957. The summed E-state index contributed by atoms with van der Waals surface area (Å²) in [5, 5.41) is 0. The van der Waals surface area contributed by atoms with Gasteiger partial charge in [0.25, 0.3) is 0 Å². The summed E-state index contributed by atoms with van der Waals surface area (Å²) in [4.78, 5) is 0. The Hall–Kier alpha value is -0.600. The zero-order valence-electron chi connectivity index (χ0n) is 7.30. The maximum Gasteiger partial charge on any atom is 0.0402 e. The molecule has 0 aliphatic rings. The molecule has 69 valence electrons. The van der Waals surface area contributed by atoms with Crippen LogP contribution in [0.5, 0.6) is 0 Å². The highest BCUT2D eigenvalue weighted by molar-refractivity contribution is 9.13. The van der Waals surface area contributed by atoms with E-state index in [-0.39, 0.29) is 0 Å². The van der Waals surface area contributed by atoms with Crippen molar-refractivity contribution < 1.29 is 0 Å². The second-order valence-corrected chi connectivity index (χ2v) is 4.47. The lowest BCUT2D eigenvalue weighted by Gasteiger charge is -2.05. The van der Waals surface area contributed by atoms with Crippen LogP contribution < -0.4 is 0 Å². The molecule has 0 bridgehead atoms. The molecule has 0 aliphatic heterocycles. The molecule has 14 heavy (non-hydrogen) atoms. The lowest BCUT2D eigenvalue weighted by atomic mass is 10.1. The van der Waals surface area contributed by atoms with E-state index < -0.39 is 0 Å². The van der Waals surface area contributed by atoms with Gasteiger partial charge in [0, 0.05) is 8.95 Å². The van der Waals surface area contributed by atoms with Gasteiger partial charge in [-0.15, -0.1) is 0 Å². The highest BCUT2D eigenvalue weighted by Crippen LogP contribution is 2.33. The average molecular weight is 311 g/mol. The van der Waals surface area contributed by atoms with Gasteiger partial charge >= 0.3 is 0 Å². The standard InChI is InChI=1S/C12H7Br2/c13-11-8-4-7-10(12(11)14)9-5-2-1-3-6-9/h1-7H. The first-order valence-electron chi connectivity index (χ1n) is 4.20. The summed E-state index contributed by atoms with van der Waals surface area (Å²) < 4.78 is 2.00. The summed E-state index contributed by atoms with van der Waals surface area (Å²) in [6.07, 6.45) is 0. The normalized spacial score (nSPS) is 10.1. The van der Waals surface area contributed by atoms with Gasteiger partial charge in [0.15, 0.2) is 0 Å². The first kappa shape index (κ1) is 9.94. The van der Waals surface area contributed by atoms with E-state index in [1.807, 2.05) is 30.3 Å². The molecule has 2 aromatic carbocycles. The molecule has 0 aliphatic carbocycles. The van der Waals surface area contributed by atoms with Gasteiger partial charge in [0.2, 0.25) is 0 Å². The minimum Gasteiger partial charge on any atom is -0.0622 e. The van der Waals surface area contributed by atoms with Crippen molar-refractivity contribution in [1.82, 2.24) is 0 Å². The summed E-state index contributed by atoms with van der Waals surface area (Å²) >= 11 is 6.98. The lowest BCUT2D eigenvalue weighted by Crippen LogP contribution is -1.80. The van der Waals surface area contributed by atoms with Crippen LogP contribution in [0.1, 0.15) is 0 Å². The Morgan fingerprint density at radius 2 is 1.64 bits per heavy atom. The third-order valence-corrected chi connectivity index (χ3v) is 3.96. The Labute approximate surface area is 100 Å². The molecule has 0 amide bonds. The van der Waals surface area contributed by atoms with Crippen molar-refractivity contribution in [3.63, 3.8) is 0 Å². The molecule has 2 rings (SSSR count). The fraction of sp³-hybridized carbons (Fsp3) is 0. The van der Waals surface area contributed by atoms with Crippen LogP contribution in [0, 0.1) is 6.07 Å². The third-order valence-electron chi connectivity index (χ3n) is 1.97. The predicted octanol–water partition coefficient (Wildman–Crippen LogP) is 4.68. The lowest BCUT2D eigenvalue weighted by molar-refractivity contribution is 1.54. The number of benzene rings is 2. The maximum atomic E-state index is 3.54. The van der Waals surface area contributed by atoms with Gasteiger partial charge in [-0.1, -0.05) is 42.5 Å². The van der Waals surface area contributed by atoms with Crippen LogP contribution in [0.4, 0.5) is 0 Å². The van der Waals surface area contributed by atoms with Crippen molar-refractivity contribution >= 4 is 31.9 Å². The summed E-state index contributed by atoms with van der Waals surface area (Å²) in [6, 6.07) is 17.3. The summed E-state index contributed by atoms with van der Waals surface area (Å²) in [7, 11) is 0. The monoisotopic (exact) mass is 309 g/mol. The van der Waals surface area contributed by atoms with E-state index in [0.717, 1.165) is 8.95 Å². The van der Waals surface area contributed by atoms with Crippen molar-refractivity contribution in [3.8, 4) is 11.1 Å². The molecule has 0 N–H and O–H groups in total. The van der Waals surface area contributed by atoms with Crippen LogP contribution in [-0.2, 0) is 0 Å². The number of rotatable bonds is 1. The van der Waals surface area contributed by atoms with E-state index in [1.54, 1.807) is 0 Å². The molecule has 0 unspecified atom stereocenters. The third kappa shape index (κ3) is 1.91. The second kappa shape index (κ2) is 4.28. The summed E-state index contributed by atoms with van der Waals surface area (Å²) in [5.74, 6) is 0. The molecule has 0 heterocycles. The van der Waals surface area contributed by atoms with Crippen LogP contribution in [-0.4, -0.2) is 0 Å². The maximum absolute atomic E-state index is 3.54. The van der Waals surface area contributed by atoms with E-state index in [1.165, 1.54) is 11.1 Å². The molecular weight excluding hydrogens is 304 g/mol. The van der Waals surface area contributed by atoms with Gasteiger partial charge < -0.3 is 0 Å². The van der Waals surface area contributed by atoms with Crippen LogP contribution in [0.25, 0.3) is 11.1 Å². The quantitative estimate of drug-likeness (QED) is 0.717. The Morgan fingerprint density at radius 3 is 2.36 bits per heavy atom. The van der Waals surface area contributed by atoms with Crippen molar-refractivity contribution in [3.05, 3.63) is 57.5 Å². The molecule has 2 aromatic rings. The molecule has 0 atom stereocenters. The van der Waals surface area contributed by atoms with Gasteiger partial charge in [0.05, 0.1) is 0 Å². The fourth-order valence-corrected chi connectivity index (χ4v) is 2.11. The summed E-state index contributed by atoms with van der Waals surface area (Å²) in [5.41, 5.74) is 2.38. The van der Waals surface area contributed by atoms with Gasteiger partial charge in [-0.05, 0) is 49.1 Å². The largest absolute Gasteiger partial charge is 0.0622 e. The van der Waals surface area contributed by atoms with E-state index in [9.17, 15) is 0 Å². The predicted molar refractivity (Wildman–Crippen MR) is 66.1 cm³/mol. The molecule has 0 nitrogen and oxygen atoms in total. The van der Waals surface area contributed by atoms with E-state index in [4.69, 9.17) is 0 Å². The first-order valence-corrected chi connectivity index (χ1v) is 5.79. The van der Waals surface area contributed by atoms with Crippen LogP contribution in [0.2, 0.25) is 0 Å². The number of hydrogen-bond donors (Lipinski definition) is 0. The Balaban J connectivity index is 2.58. The van der Waals surface area contributed by atoms with Gasteiger partial charge in [-0.3, -0.25) is 0 Å². The Bertz CT molecular complexity index is 435. The van der Waals surface area contributed by atoms with E-state index in [0.29, 0.717) is 0 Å². The van der Waals surface area contributed by atoms with Crippen LogP contribution >= 0.6 is 31.9 Å². The van der Waals surface area contributed by atoms with Crippen molar-refractivity contribution in [2.45, 2.75) is 0 Å². The molecule has 0 saturated heterocycles. The molecule has 0 aromatic heterocycles. The number of halogens is 2. The molecule has 0 saturated carbocycles. The smallest absolute Gasteiger partial charge is 0.0402 e. The molecule has 0 fully saturated rings. The Kier molecular flexibility index (Phi) is 3.04. The molecule has 2 heteroatoms. The Morgan fingerprint density at radius 1 is 0.929 bits per heavy atom. The molecular formula is C12H7Br2. The van der Waals surface area contributed by atoms with Crippen LogP contribution in [0.3, 0.4) is 0 Å². The van der Waals surface area contributed by atoms with Gasteiger partial charge in [0.1, 0.15) is 0 Å². The topological polar surface area (TPSA) is 0 Å². The highest BCUT2D eigenvalue weighted by Gasteiger charge is 2.04.